The average molecular weight is 428 g/mol. The monoisotopic (exact) mass is 427 g/mol. The zero-order chi connectivity index (χ0) is 21.7. The highest BCUT2D eigenvalue weighted by Crippen LogP contribution is 2.26. The molecule has 1 aromatic heterocycles. The van der Waals surface area contributed by atoms with Gasteiger partial charge in [-0.05, 0) is 69.0 Å². The van der Waals surface area contributed by atoms with Crippen LogP contribution in [0, 0.1) is 13.8 Å². The number of fused-ring (bicyclic) bond motifs is 1. The quantitative estimate of drug-likeness (QED) is 0.442. The number of rotatable bonds is 9. The summed E-state index contributed by atoms with van der Waals surface area (Å²) in [6, 6.07) is 11.9. The number of benzene rings is 2. The van der Waals surface area contributed by atoms with Crippen molar-refractivity contribution in [3.8, 4) is 5.75 Å². The molecule has 0 saturated heterocycles. The van der Waals surface area contributed by atoms with Gasteiger partial charge in [0.1, 0.15) is 11.6 Å². The topological polar surface area (TPSA) is 56.2 Å². The summed E-state index contributed by atoms with van der Waals surface area (Å²) in [5, 5.41) is 3.85. The van der Waals surface area contributed by atoms with Gasteiger partial charge in [0.2, 0.25) is 5.91 Å². The van der Waals surface area contributed by atoms with Crippen LogP contribution in [0.5, 0.6) is 5.75 Å². The molecule has 0 aliphatic carbocycles. The van der Waals surface area contributed by atoms with Crippen LogP contribution in [0.1, 0.15) is 56.1 Å². The molecule has 30 heavy (non-hydrogen) atoms. The van der Waals surface area contributed by atoms with Gasteiger partial charge in [-0.3, -0.25) is 4.79 Å². The highest BCUT2D eigenvalue weighted by molar-refractivity contribution is 6.32. The summed E-state index contributed by atoms with van der Waals surface area (Å²) in [5.41, 5.74) is 4.05. The first kappa shape index (κ1) is 22.2. The van der Waals surface area contributed by atoms with Crippen molar-refractivity contribution in [2.45, 2.75) is 59.5 Å². The summed E-state index contributed by atoms with van der Waals surface area (Å²) < 4.78 is 8.16. The Labute approximate surface area is 183 Å². The van der Waals surface area contributed by atoms with Gasteiger partial charge in [0.15, 0.2) is 0 Å². The molecular weight excluding hydrogens is 398 g/mol. The molecule has 1 atom stereocenters. The van der Waals surface area contributed by atoms with Crippen LogP contribution in [0.2, 0.25) is 5.02 Å². The van der Waals surface area contributed by atoms with E-state index in [0.717, 1.165) is 58.1 Å². The second kappa shape index (κ2) is 9.98. The predicted octanol–water partition coefficient (Wildman–Crippen LogP) is 5.75. The number of aryl methyl sites for hydroxylation is 3. The molecule has 0 radical (unpaired) electrons. The van der Waals surface area contributed by atoms with Crippen LogP contribution in [-0.2, 0) is 11.3 Å². The van der Waals surface area contributed by atoms with Crippen molar-refractivity contribution in [3.63, 3.8) is 0 Å². The van der Waals surface area contributed by atoms with E-state index in [1.807, 2.05) is 58.0 Å². The molecule has 5 nitrogen and oxygen atoms in total. The number of amides is 1. The number of ether oxygens (including phenoxy) is 1. The number of hydrogen-bond donors (Lipinski definition) is 1. The Morgan fingerprint density at radius 3 is 2.63 bits per heavy atom. The summed E-state index contributed by atoms with van der Waals surface area (Å²) in [6.45, 7) is 9.31. The fraction of sp³-hybridized carbons (Fsp3) is 0.417. The first-order chi connectivity index (χ1) is 14.4. The standard InChI is InChI=1S/C24H30ClN3O2/c1-5-9-22(29)26-18(4)24-27-20-10-6-7-11-21(20)28(24)12-8-13-30-19-14-16(2)23(25)17(3)15-19/h6-7,10-11,14-15,18H,5,8-9,12-13H2,1-4H3,(H,26,29). The molecule has 0 spiro atoms. The van der Waals surface area contributed by atoms with Crippen LogP contribution in [0.25, 0.3) is 11.0 Å². The highest BCUT2D eigenvalue weighted by atomic mass is 35.5. The number of imidazole rings is 1. The summed E-state index contributed by atoms with van der Waals surface area (Å²) in [4.78, 5) is 16.9. The number of nitrogens with zero attached hydrogens (tertiary/aromatic N) is 2. The van der Waals surface area contributed by atoms with Crippen LogP contribution in [0.15, 0.2) is 36.4 Å². The van der Waals surface area contributed by atoms with Crippen LogP contribution in [0.4, 0.5) is 0 Å². The van der Waals surface area contributed by atoms with E-state index in [4.69, 9.17) is 21.3 Å². The maximum absolute atomic E-state index is 12.1. The molecule has 1 N–H and O–H groups in total. The van der Waals surface area contributed by atoms with E-state index < -0.39 is 0 Å². The highest BCUT2D eigenvalue weighted by Gasteiger charge is 2.18. The van der Waals surface area contributed by atoms with E-state index in [2.05, 4.69) is 16.0 Å². The molecule has 1 heterocycles. The van der Waals surface area contributed by atoms with E-state index in [1.54, 1.807) is 0 Å². The minimum absolute atomic E-state index is 0.0559. The Balaban J connectivity index is 1.71. The van der Waals surface area contributed by atoms with Crippen molar-refractivity contribution in [1.29, 1.82) is 0 Å². The van der Waals surface area contributed by atoms with E-state index in [-0.39, 0.29) is 11.9 Å². The van der Waals surface area contributed by atoms with Crippen LogP contribution >= 0.6 is 11.6 Å². The number of hydrogen-bond acceptors (Lipinski definition) is 3. The van der Waals surface area contributed by atoms with E-state index in [0.29, 0.717) is 13.0 Å². The van der Waals surface area contributed by atoms with Crippen molar-refractivity contribution < 1.29 is 9.53 Å². The van der Waals surface area contributed by atoms with Crippen LogP contribution < -0.4 is 10.1 Å². The van der Waals surface area contributed by atoms with E-state index >= 15 is 0 Å². The molecule has 6 heteroatoms. The first-order valence-electron chi connectivity index (χ1n) is 10.5. The molecule has 1 amide bonds. The number of aromatic nitrogens is 2. The normalized spacial score (nSPS) is 12.2. The second-order valence-electron chi connectivity index (χ2n) is 7.72. The van der Waals surface area contributed by atoms with Gasteiger partial charge in [-0.15, -0.1) is 0 Å². The third-order valence-corrected chi connectivity index (χ3v) is 5.73. The lowest BCUT2D eigenvalue weighted by molar-refractivity contribution is -0.121. The maximum atomic E-state index is 12.1. The fourth-order valence-corrected chi connectivity index (χ4v) is 3.78. The Bertz CT molecular complexity index is 1010. The lowest BCUT2D eigenvalue weighted by Crippen LogP contribution is -2.28. The number of halogens is 1. The molecular formula is C24H30ClN3O2. The Morgan fingerprint density at radius 2 is 1.93 bits per heavy atom. The number of carbonyl (C=O) groups is 1. The fourth-order valence-electron chi connectivity index (χ4n) is 3.67. The summed E-state index contributed by atoms with van der Waals surface area (Å²) >= 11 is 6.24. The van der Waals surface area contributed by atoms with E-state index in [1.165, 1.54) is 0 Å². The van der Waals surface area contributed by atoms with Gasteiger partial charge in [-0.2, -0.15) is 0 Å². The largest absolute Gasteiger partial charge is 0.494 e. The third kappa shape index (κ3) is 5.14. The first-order valence-corrected chi connectivity index (χ1v) is 10.9. The molecule has 0 fully saturated rings. The Hall–Kier alpha value is -2.53. The van der Waals surface area contributed by atoms with Gasteiger partial charge in [-0.25, -0.2) is 4.98 Å². The summed E-state index contributed by atoms with van der Waals surface area (Å²) in [6.07, 6.45) is 2.18. The SMILES string of the molecule is CCCC(=O)NC(C)c1nc2ccccc2n1CCCOc1cc(C)c(Cl)c(C)c1. The van der Waals surface area contributed by atoms with Gasteiger partial charge < -0.3 is 14.6 Å². The summed E-state index contributed by atoms with van der Waals surface area (Å²) in [5.74, 6) is 1.77. The molecule has 3 rings (SSSR count). The van der Waals surface area contributed by atoms with E-state index in [9.17, 15) is 4.79 Å². The van der Waals surface area contributed by atoms with Crippen LogP contribution in [-0.4, -0.2) is 22.1 Å². The molecule has 0 aliphatic heterocycles. The zero-order valence-corrected chi connectivity index (χ0v) is 18.9. The van der Waals surface area contributed by atoms with Gasteiger partial charge in [0, 0.05) is 18.0 Å². The number of para-hydroxylation sites is 2. The van der Waals surface area contributed by atoms with Crippen molar-refractivity contribution in [2.24, 2.45) is 0 Å². The van der Waals surface area contributed by atoms with Gasteiger partial charge in [0.25, 0.3) is 0 Å². The minimum atomic E-state index is -0.154. The second-order valence-corrected chi connectivity index (χ2v) is 8.10. The number of carbonyl (C=O) groups excluding carboxylic acids is 1. The molecule has 0 saturated carbocycles. The smallest absolute Gasteiger partial charge is 0.220 e. The molecule has 0 aliphatic rings. The summed E-state index contributed by atoms with van der Waals surface area (Å²) in [7, 11) is 0. The zero-order valence-electron chi connectivity index (χ0n) is 18.2. The number of nitrogens with one attached hydrogen (secondary N) is 1. The molecule has 3 aromatic rings. The minimum Gasteiger partial charge on any atom is -0.494 e. The van der Waals surface area contributed by atoms with Crippen molar-refractivity contribution in [2.75, 3.05) is 6.61 Å². The predicted molar refractivity (Wildman–Crippen MR) is 122 cm³/mol. The molecule has 0 bridgehead atoms. The average Bonchev–Trinajstić information content (AvgIpc) is 3.08. The molecule has 1 unspecified atom stereocenters. The molecule has 160 valence electrons. The van der Waals surface area contributed by atoms with Gasteiger partial charge >= 0.3 is 0 Å². The maximum Gasteiger partial charge on any atom is 0.220 e. The lowest BCUT2D eigenvalue weighted by Gasteiger charge is -2.16. The lowest BCUT2D eigenvalue weighted by atomic mass is 10.1. The third-order valence-electron chi connectivity index (χ3n) is 5.13. The van der Waals surface area contributed by atoms with Gasteiger partial charge in [-0.1, -0.05) is 30.7 Å². The molecule has 2 aromatic carbocycles. The van der Waals surface area contributed by atoms with Crippen molar-refractivity contribution in [3.05, 3.63) is 58.4 Å². The Kier molecular flexibility index (Phi) is 7.38. The Morgan fingerprint density at radius 1 is 1.23 bits per heavy atom. The van der Waals surface area contributed by atoms with Crippen molar-refractivity contribution in [1.82, 2.24) is 14.9 Å². The van der Waals surface area contributed by atoms with Crippen LogP contribution in [0.3, 0.4) is 0 Å². The van der Waals surface area contributed by atoms with Crippen molar-refractivity contribution >= 4 is 28.5 Å². The van der Waals surface area contributed by atoms with Gasteiger partial charge in [0.05, 0.1) is 23.7 Å².